The van der Waals surface area contributed by atoms with Gasteiger partial charge in [0.1, 0.15) is 0 Å². The van der Waals surface area contributed by atoms with Gasteiger partial charge in [-0.15, -0.1) is 0 Å². The van der Waals surface area contributed by atoms with Crippen LogP contribution in [0.4, 0.5) is 8.78 Å². The van der Waals surface area contributed by atoms with E-state index in [2.05, 4.69) is 0 Å². The molecular weight excluding hydrogens is 236 g/mol. The molecule has 0 bridgehead atoms. The Balaban J connectivity index is 2.00. The van der Waals surface area contributed by atoms with Crippen molar-refractivity contribution in [3.63, 3.8) is 0 Å². The zero-order valence-corrected chi connectivity index (χ0v) is 10.4. The maximum Gasteiger partial charge on any atom is 0.190 e. The van der Waals surface area contributed by atoms with Crippen molar-refractivity contribution >= 4 is 0 Å². The van der Waals surface area contributed by atoms with Crippen molar-refractivity contribution in [2.24, 2.45) is 11.7 Å². The minimum absolute atomic E-state index is 0.122. The number of hydrogen-bond acceptors (Lipinski definition) is 2. The van der Waals surface area contributed by atoms with Crippen LogP contribution in [0.25, 0.3) is 0 Å². The molecule has 0 amide bonds. The van der Waals surface area contributed by atoms with Crippen molar-refractivity contribution in [2.45, 2.75) is 38.6 Å². The molecule has 0 unspecified atom stereocenters. The molecule has 1 fully saturated rings. The van der Waals surface area contributed by atoms with Gasteiger partial charge in [-0.2, -0.15) is 0 Å². The molecular formula is C14H19F2NO. The van der Waals surface area contributed by atoms with Gasteiger partial charge in [-0.05, 0) is 36.5 Å². The second-order valence-corrected chi connectivity index (χ2v) is 4.91. The normalized spacial score (nSPS) is 16.8. The second kappa shape index (κ2) is 6.14. The third kappa shape index (κ3) is 3.19. The van der Waals surface area contributed by atoms with Crippen LogP contribution in [-0.4, -0.2) is 6.61 Å². The van der Waals surface area contributed by atoms with Crippen LogP contribution in [0.3, 0.4) is 0 Å². The Morgan fingerprint density at radius 1 is 1.11 bits per heavy atom. The molecule has 0 atom stereocenters. The summed E-state index contributed by atoms with van der Waals surface area (Å²) in [6.07, 6.45) is 5.80. The Kier molecular flexibility index (Phi) is 4.53. The summed E-state index contributed by atoms with van der Waals surface area (Å²) in [5.41, 5.74) is 5.79. The predicted octanol–water partition coefficient (Wildman–Crippen LogP) is 3.38. The molecule has 1 aromatic rings. The lowest BCUT2D eigenvalue weighted by Crippen LogP contribution is -2.16. The van der Waals surface area contributed by atoms with Gasteiger partial charge in [0.15, 0.2) is 17.4 Å². The summed E-state index contributed by atoms with van der Waals surface area (Å²) in [7, 11) is 0. The number of hydrogen-bond donors (Lipinski definition) is 1. The maximum atomic E-state index is 13.6. The first-order valence-corrected chi connectivity index (χ1v) is 6.51. The molecule has 2 nitrogen and oxygen atoms in total. The van der Waals surface area contributed by atoms with E-state index in [4.69, 9.17) is 10.5 Å². The molecule has 1 aliphatic carbocycles. The third-order valence-electron chi connectivity index (χ3n) is 3.48. The number of halogens is 2. The zero-order valence-electron chi connectivity index (χ0n) is 10.4. The molecule has 18 heavy (non-hydrogen) atoms. The van der Waals surface area contributed by atoms with E-state index < -0.39 is 11.6 Å². The Morgan fingerprint density at radius 2 is 1.72 bits per heavy atom. The highest BCUT2D eigenvalue weighted by molar-refractivity contribution is 5.31. The highest BCUT2D eigenvalue weighted by Crippen LogP contribution is 2.27. The third-order valence-corrected chi connectivity index (χ3v) is 3.48. The van der Waals surface area contributed by atoms with Crippen molar-refractivity contribution in [1.29, 1.82) is 0 Å². The highest BCUT2D eigenvalue weighted by atomic mass is 19.1. The lowest BCUT2D eigenvalue weighted by Gasteiger charge is -2.22. The number of benzene rings is 1. The fourth-order valence-electron chi connectivity index (χ4n) is 2.42. The van der Waals surface area contributed by atoms with Crippen molar-refractivity contribution in [3.8, 4) is 5.75 Å². The average Bonchev–Trinajstić information content (AvgIpc) is 2.38. The summed E-state index contributed by atoms with van der Waals surface area (Å²) >= 11 is 0. The van der Waals surface area contributed by atoms with E-state index in [9.17, 15) is 8.78 Å². The molecule has 100 valence electrons. The van der Waals surface area contributed by atoms with E-state index in [1.807, 2.05) is 0 Å². The lowest BCUT2D eigenvalue weighted by atomic mass is 9.90. The maximum absolute atomic E-state index is 13.6. The largest absolute Gasteiger partial charge is 0.487 e. The molecule has 1 aliphatic rings. The standard InChI is InChI=1S/C14H19F2NO/c15-12-6-11(8-17)7-13(16)14(12)18-9-10-4-2-1-3-5-10/h6-7,10H,1-5,8-9,17H2. The van der Waals surface area contributed by atoms with Crippen LogP contribution in [-0.2, 0) is 6.54 Å². The number of rotatable bonds is 4. The molecule has 0 aliphatic heterocycles. The van der Waals surface area contributed by atoms with E-state index in [-0.39, 0.29) is 12.3 Å². The van der Waals surface area contributed by atoms with Crippen LogP contribution >= 0.6 is 0 Å². The minimum Gasteiger partial charge on any atom is -0.487 e. The lowest BCUT2D eigenvalue weighted by molar-refractivity contribution is 0.195. The first kappa shape index (κ1) is 13.3. The van der Waals surface area contributed by atoms with Gasteiger partial charge in [-0.1, -0.05) is 19.3 Å². The molecule has 4 heteroatoms. The van der Waals surface area contributed by atoms with Crippen LogP contribution in [0.5, 0.6) is 5.75 Å². The van der Waals surface area contributed by atoms with E-state index in [1.54, 1.807) is 0 Å². The number of ether oxygens (including phenoxy) is 1. The highest BCUT2D eigenvalue weighted by Gasteiger charge is 2.17. The monoisotopic (exact) mass is 255 g/mol. The average molecular weight is 255 g/mol. The summed E-state index contributed by atoms with van der Waals surface area (Å²) in [4.78, 5) is 0. The molecule has 0 aromatic heterocycles. The Labute approximate surface area is 106 Å². The Morgan fingerprint density at radius 3 is 2.28 bits per heavy atom. The van der Waals surface area contributed by atoms with E-state index in [0.29, 0.717) is 18.1 Å². The topological polar surface area (TPSA) is 35.2 Å². The SMILES string of the molecule is NCc1cc(F)c(OCC2CCCCC2)c(F)c1. The first-order valence-electron chi connectivity index (χ1n) is 6.51. The summed E-state index contributed by atoms with van der Waals surface area (Å²) in [6, 6.07) is 2.47. The van der Waals surface area contributed by atoms with Gasteiger partial charge < -0.3 is 10.5 Å². The summed E-state index contributed by atoms with van der Waals surface area (Å²) in [5.74, 6) is -1.16. The van der Waals surface area contributed by atoms with Gasteiger partial charge in [0, 0.05) is 6.54 Å². The van der Waals surface area contributed by atoms with Crippen molar-refractivity contribution in [3.05, 3.63) is 29.3 Å². The molecule has 0 saturated heterocycles. The molecule has 1 saturated carbocycles. The van der Waals surface area contributed by atoms with Crippen LogP contribution in [0.2, 0.25) is 0 Å². The number of nitrogens with two attached hydrogens (primary N) is 1. The van der Waals surface area contributed by atoms with Gasteiger partial charge in [0.05, 0.1) is 6.61 Å². The smallest absolute Gasteiger partial charge is 0.190 e. The molecule has 0 radical (unpaired) electrons. The molecule has 0 heterocycles. The van der Waals surface area contributed by atoms with Crippen molar-refractivity contribution in [1.82, 2.24) is 0 Å². The Hall–Kier alpha value is -1.16. The molecule has 2 rings (SSSR count). The van der Waals surface area contributed by atoms with Crippen LogP contribution in [0.1, 0.15) is 37.7 Å². The predicted molar refractivity (Wildman–Crippen MR) is 66.3 cm³/mol. The van der Waals surface area contributed by atoms with E-state index in [0.717, 1.165) is 12.8 Å². The molecule has 1 aromatic carbocycles. The van der Waals surface area contributed by atoms with Gasteiger partial charge >= 0.3 is 0 Å². The van der Waals surface area contributed by atoms with Gasteiger partial charge in [0.25, 0.3) is 0 Å². The summed E-state index contributed by atoms with van der Waals surface area (Å²) < 4.78 is 32.6. The zero-order chi connectivity index (χ0) is 13.0. The quantitative estimate of drug-likeness (QED) is 0.895. The van der Waals surface area contributed by atoms with Crippen molar-refractivity contribution in [2.75, 3.05) is 6.61 Å². The van der Waals surface area contributed by atoms with Crippen LogP contribution in [0.15, 0.2) is 12.1 Å². The summed E-state index contributed by atoms with van der Waals surface area (Å²) in [6.45, 7) is 0.520. The fourth-order valence-corrected chi connectivity index (χ4v) is 2.42. The minimum atomic E-state index is -0.661. The van der Waals surface area contributed by atoms with Crippen LogP contribution < -0.4 is 10.5 Å². The Bertz CT molecular complexity index is 380. The molecule has 2 N–H and O–H groups in total. The second-order valence-electron chi connectivity index (χ2n) is 4.91. The van der Waals surface area contributed by atoms with Gasteiger partial charge in [-0.3, -0.25) is 0 Å². The summed E-state index contributed by atoms with van der Waals surface area (Å²) in [5, 5.41) is 0. The van der Waals surface area contributed by atoms with E-state index >= 15 is 0 Å². The van der Waals surface area contributed by atoms with Gasteiger partial charge in [-0.25, -0.2) is 8.78 Å². The van der Waals surface area contributed by atoms with Gasteiger partial charge in [0.2, 0.25) is 0 Å². The van der Waals surface area contributed by atoms with Crippen molar-refractivity contribution < 1.29 is 13.5 Å². The first-order chi connectivity index (χ1) is 8.70. The van der Waals surface area contributed by atoms with Crippen LogP contribution in [0, 0.1) is 17.6 Å². The molecule has 0 spiro atoms. The van der Waals surface area contributed by atoms with E-state index in [1.165, 1.54) is 31.4 Å². The fraction of sp³-hybridized carbons (Fsp3) is 0.571.